The van der Waals surface area contributed by atoms with E-state index in [1.165, 1.54) is 0 Å². The smallest absolute Gasteiger partial charge is 0.415 e. The molecule has 1 N–H and O–H groups in total. The highest BCUT2D eigenvalue weighted by atomic mass is 19.4. The summed E-state index contributed by atoms with van der Waals surface area (Å²) in [5.74, 6) is -1.04. The van der Waals surface area contributed by atoms with Crippen molar-refractivity contribution in [3.63, 3.8) is 0 Å². The summed E-state index contributed by atoms with van der Waals surface area (Å²) >= 11 is 0. The van der Waals surface area contributed by atoms with E-state index in [4.69, 9.17) is 5.11 Å². The van der Waals surface area contributed by atoms with Gasteiger partial charge in [0.2, 0.25) is 0 Å². The maximum Gasteiger partial charge on any atom is 0.415 e. The molecule has 1 aliphatic rings. The standard InChI is InChI=1S/C10H15F3O3/c11-10(12,13)8(6-9(14)15)16-5-4-7-2-1-3-7/h7-8H,1-6H2,(H,14,15). The van der Waals surface area contributed by atoms with Gasteiger partial charge in [-0.15, -0.1) is 0 Å². The molecule has 0 spiro atoms. The SMILES string of the molecule is O=C(O)CC(OCCC1CCC1)C(F)(F)F. The Morgan fingerprint density at radius 3 is 2.44 bits per heavy atom. The van der Waals surface area contributed by atoms with Crippen molar-refractivity contribution in [2.75, 3.05) is 6.61 Å². The summed E-state index contributed by atoms with van der Waals surface area (Å²) in [4.78, 5) is 10.2. The van der Waals surface area contributed by atoms with Crippen molar-refractivity contribution in [3.8, 4) is 0 Å². The van der Waals surface area contributed by atoms with E-state index in [-0.39, 0.29) is 6.61 Å². The van der Waals surface area contributed by atoms with Crippen LogP contribution in [0.4, 0.5) is 13.2 Å². The van der Waals surface area contributed by atoms with Crippen LogP contribution in [0, 0.1) is 5.92 Å². The highest BCUT2D eigenvalue weighted by Crippen LogP contribution is 2.30. The van der Waals surface area contributed by atoms with Gasteiger partial charge in [0.15, 0.2) is 6.10 Å². The normalized spacial score (nSPS) is 19.2. The average Bonchev–Trinajstić information content (AvgIpc) is 2.04. The summed E-state index contributed by atoms with van der Waals surface area (Å²) in [6.45, 7) is -0.0118. The predicted octanol–water partition coefficient (Wildman–Crippen LogP) is 2.60. The third kappa shape index (κ3) is 4.38. The quantitative estimate of drug-likeness (QED) is 0.776. The largest absolute Gasteiger partial charge is 0.481 e. The summed E-state index contributed by atoms with van der Waals surface area (Å²) in [6.07, 6.45) is -4.00. The molecule has 0 saturated heterocycles. The Bertz CT molecular complexity index is 236. The van der Waals surface area contributed by atoms with Crippen molar-refractivity contribution in [1.29, 1.82) is 0 Å². The van der Waals surface area contributed by atoms with Crippen LogP contribution in [-0.2, 0) is 9.53 Å². The lowest BCUT2D eigenvalue weighted by Crippen LogP contribution is -2.34. The summed E-state index contributed by atoms with van der Waals surface area (Å²) in [6, 6.07) is 0. The van der Waals surface area contributed by atoms with Crippen LogP contribution in [-0.4, -0.2) is 30.0 Å². The van der Waals surface area contributed by atoms with E-state index in [0.29, 0.717) is 12.3 Å². The third-order valence-electron chi connectivity index (χ3n) is 2.79. The Balaban J connectivity index is 2.28. The number of halogens is 3. The van der Waals surface area contributed by atoms with E-state index < -0.39 is 24.7 Å². The fourth-order valence-electron chi connectivity index (χ4n) is 1.59. The van der Waals surface area contributed by atoms with E-state index >= 15 is 0 Å². The highest BCUT2D eigenvalue weighted by Gasteiger charge is 2.42. The van der Waals surface area contributed by atoms with Crippen LogP contribution in [0.5, 0.6) is 0 Å². The summed E-state index contributed by atoms with van der Waals surface area (Å²) in [5, 5.41) is 8.33. The van der Waals surface area contributed by atoms with E-state index in [9.17, 15) is 18.0 Å². The molecule has 1 rings (SSSR count). The minimum Gasteiger partial charge on any atom is -0.481 e. The number of alkyl halides is 3. The average molecular weight is 240 g/mol. The third-order valence-corrected chi connectivity index (χ3v) is 2.79. The molecule has 1 saturated carbocycles. The number of carboxylic acids is 1. The highest BCUT2D eigenvalue weighted by molar-refractivity contribution is 5.67. The second-order valence-corrected chi connectivity index (χ2v) is 4.08. The van der Waals surface area contributed by atoms with Gasteiger partial charge < -0.3 is 9.84 Å². The zero-order chi connectivity index (χ0) is 12.2. The second-order valence-electron chi connectivity index (χ2n) is 4.08. The van der Waals surface area contributed by atoms with E-state index in [2.05, 4.69) is 4.74 Å². The topological polar surface area (TPSA) is 46.5 Å². The van der Waals surface area contributed by atoms with Crippen molar-refractivity contribution < 1.29 is 27.8 Å². The molecule has 0 aromatic heterocycles. The maximum atomic E-state index is 12.3. The fourth-order valence-corrected chi connectivity index (χ4v) is 1.59. The van der Waals surface area contributed by atoms with Gasteiger partial charge in [-0.2, -0.15) is 13.2 Å². The summed E-state index contributed by atoms with van der Waals surface area (Å²) in [5.41, 5.74) is 0. The van der Waals surface area contributed by atoms with Crippen molar-refractivity contribution in [3.05, 3.63) is 0 Å². The van der Waals surface area contributed by atoms with Crippen LogP contribution >= 0.6 is 0 Å². The molecule has 0 radical (unpaired) electrons. The first kappa shape index (κ1) is 13.3. The van der Waals surface area contributed by atoms with Crippen molar-refractivity contribution in [1.82, 2.24) is 0 Å². The molecule has 1 aliphatic carbocycles. The lowest BCUT2D eigenvalue weighted by Gasteiger charge is -2.26. The number of hydrogen-bond acceptors (Lipinski definition) is 2. The molecule has 0 aromatic rings. The molecule has 94 valence electrons. The molecule has 0 heterocycles. The Morgan fingerprint density at radius 1 is 1.44 bits per heavy atom. The first-order valence-electron chi connectivity index (χ1n) is 5.29. The van der Waals surface area contributed by atoms with E-state index in [0.717, 1.165) is 19.3 Å². The summed E-state index contributed by atoms with van der Waals surface area (Å²) < 4.78 is 41.6. The Morgan fingerprint density at radius 2 is 2.06 bits per heavy atom. The zero-order valence-electron chi connectivity index (χ0n) is 8.79. The lowest BCUT2D eigenvalue weighted by molar-refractivity contribution is -0.225. The molecule has 0 bridgehead atoms. The van der Waals surface area contributed by atoms with Crippen LogP contribution in [0.15, 0.2) is 0 Å². The number of aliphatic carboxylic acids is 1. The fraction of sp³-hybridized carbons (Fsp3) is 0.900. The first-order chi connectivity index (χ1) is 7.39. The molecule has 3 nitrogen and oxygen atoms in total. The van der Waals surface area contributed by atoms with Gasteiger partial charge in [-0.05, 0) is 12.3 Å². The Hall–Kier alpha value is -0.780. The van der Waals surface area contributed by atoms with Gasteiger partial charge in [0.25, 0.3) is 0 Å². The maximum absolute atomic E-state index is 12.3. The Labute approximate surface area is 91.6 Å². The first-order valence-corrected chi connectivity index (χ1v) is 5.29. The minimum absolute atomic E-state index is 0.0118. The van der Waals surface area contributed by atoms with Crippen molar-refractivity contribution in [2.45, 2.75) is 44.4 Å². The van der Waals surface area contributed by atoms with Gasteiger partial charge >= 0.3 is 12.1 Å². The van der Waals surface area contributed by atoms with Gasteiger partial charge in [-0.25, -0.2) is 0 Å². The predicted molar refractivity (Wildman–Crippen MR) is 50.0 cm³/mol. The molecule has 0 aromatic carbocycles. The van der Waals surface area contributed by atoms with Gasteiger partial charge in [0.05, 0.1) is 6.42 Å². The van der Waals surface area contributed by atoms with Gasteiger partial charge in [0, 0.05) is 6.61 Å². The Kier molecular flexibility index (Phi) is 4.58. The minimum atomic E-state index is -4.60. The number of carboxylic acid groups (broad SMARTS) is 1. The monoisotopic (exact) mass is 240 g/mol. The molecule has 0 amide bonds. The van der Waals surface area contributed by atoms with Crippen LogP contribution in [0.25, 0.3) is 0 Å². The van der Waals surface area contributed by atoms with E-state index in [1.807, 2.05) is 0 Å². The lowest BCUT2D eigenvalue weighted by atomic mass is 9.83. The molecule has 0 aliphatic heterocycles. The number of carbonyl (C=O) groups is 1. The summed E-state index contributed by atoms with van der Waals surface area (Å²) in [7, 11) is 0. The van der Waals surface area contributed by atoms with Crippen LogP contribution < -0.4 is 0 Å². The number of hydrogen-bond donors (Lipinski definition) is 1. The molecular weight excluding hydrogens is 225 g/mol. The molecule has 1 fully saturated rings. The van der Waals surface area contributed by atoms with Crippen LogP contribution in [0.3, 0.4) is 0 Å². The molecule has 16 heavy (non-hydrogen) atoms. The van der Waals surface area contributed by atoms with Crippen LogP contribution in [0.1, 0.15) is 32.1 Å². The van der Waals surface area contributed by atoms with Gasteiger partial charge in [-0.1, -0.05) is 19.3 Å². The molecule has 6 heteroatoms. The van der Waals surface area contributed by atoms with Gasteiger partial charge in [-0.3, -0.25) is 4.79 Å². The van der Waals surface area contributed by atoms with Crippen molar-refractivity contribution >= 4 is 5.97 Å². The number of rotatable bonds is 6. The molecule has 1 unspecified atom stereocenters. The second kappa shape index (κ2) is 5.52. The van der Waals surface area contributed by atoms with E-state index in [1.54, 1.807) is 0 Å². The molecular formula is C10H15F3O3. The molecule has 1 atom stereocenters. The van der Waals surface area contributed by atoms with Crippen LogP contribution in [0.2, 0.25) is 0 Å². The number of ether oxygens (including phenoxy) is 1. The van der Waals surface area contributed by atoms with Gasteiger partial charge in [0.1, 0.15) is 0 Å². The zero-order valence-corrected chi connectivity index (χ0v) is 8.79. The van der Waals surface area contributed by atoms with Crippen molar-refractivity contribution in [2.24, 2.45) is 5.92 Å².